The number of benzene rings is 3. The summed E-state index contributed by atoms with van der Waals surface area (Å²) < 4.78 is 178. The maximum absolute atomic E-state index is 15.6. The van der Waals surface area contributed by atoms with E-state index >= 15 is 4.79 Å². The normalized spacial score (nSPS) is 16.9. The number of hydroxylamine groups is 2. The van der Waals surface area contributed by atoms with Gasteiger partial charge in [0.1, 0.15) is 0 Å². The van der Waals surface area contributed by atoms with E-state index in [9.17, 15) is 48.7 Å². The van der Waals surface area contributed by atoms with Crippen LogP contribution < -0.4 is 20.6 Å². The lowest BCUT2D eigenvalue weighted by Crippen LogP contribution is -2.36. The number of carbonyl (C=O) groups is 4. The molecule has 3 amide bonds. The summed E-state index contributed by atoms with van der Waals surface area (Å²) >= 11 is 0. The number of hydrogen-bond acceptors (Lipinski definition) is 26. The first-order valence-electron chi connectivity index (χ1n) is 33.1. The molecule has 99 heavy (non-hydrogen) atoms. The lowest BCUT2D eigenvalue weighted by molar-refractivity contribution is -0.197. The van der Waals surface area contributed by atoms with Crippen LogP contribution in [0.25, 0.3) is 5.57 Å². The smallest absolute Gasteiger partial charge is 0.333 e. The van der Waals surface area contributed by atoms with Crippen LogP contribution in [0.1, 0.15) is 113 Å². The van der Waals surface area contributed by atoms with E-state index in [-0.39, 0.29) is 122 Å². The summed E-state index contributed by atoms with van der Waals surface area (Å²) in [7, 11) is -13.1. The predicted octanol–water partition coefficient (Wildman–Crippen LogP) is 3.77. The van der Waals surface area contributed by atoms with E-state index in [1.54, 1.807) is 33.1 Å². The molecular weight excluding hydrogens is 1360 g/mol. The molecule has 2 unspecified atom stereocenters. The van der Waals surface area contributed by atoms with E-state index in [0.717, 1.165) is 6.26 Å². The van der Waals surface area contributed by atoms with Crippen LogP contribution in [0.15, 0.2) is 50.0 Å². The average Bonchev–Trinajstić information content (AvgIpc) is 1.69. The van der Waals surface area contributed by atoms with Crippen molar-refractivity contribution in [1.29, 1.82) is 0 Å². The van der Waals surface area contributed by atoms with E-state index in [2.05, 4.69) is 10.3 Å². The van der Waals surface area contributed by atoms with Gasteiger partial charge in [-0.2, -0.15) is 16.8 Å². The van der Waals surface area contributed by atoms with Crippen molar-refractivity contribution < 1.29 is 120 Å². The van der Waals surface area contributed by atoms with Gasteiger partial charge in [-0.1, -0.05) is 34.1 Å². The van der Waals surface area contributed by atoms with Crippen LogP contribution in [0.4, 0.5) is 5.69 Å². The highest BCUT2D eigenvalue weighted by Crippen LogP contribution is 2.53. The Balaban J connectivity index is 0.948. The maximum atomic E-state index is 15.6. The summed E-state index contributed by atoms with van der Waals surface area (Å²) in [4.78, 5) is 61.8. The number of anilines is 1. The molecule has 0 radical (unpaired) electrons. The van der Waals surface area contributed by atoms with Gasteiger partial charge in [-0.25, -0.2) is 13.2 Å². The van der Waals surface area contributed by atoms with Gasteiger partial charge in [0.2, 0.25) is 0 Å². The maximum Gasteiger partial charge on any atom is 0.333 e. The molecule has 3 aromatic carbocycles. The summed E-state index contributed by atoms with van der Waals surface area (Å²) in [5, 5.41) is 3.36. The van der Waals surface area contributed by atoms with Crippen molar-refractivity contribution in [3.63, 3.8) is 0 Å². The topological polar surface area (TPSA) is 371 Å². The minimum Gasteiger partial charge on any atom is -0.453 e. The number of methoxy groups -OCH3 is 1. The second-order valence-corrected chi connectivity index (χ2v) is 29.6. The molecule has 0 saturated carbocycles. The summed E-state index contributed by atoms with van der Waals surface area (Å²) in [6, 6.07) is 5.88. The third-order valence-corrected chi connectivity index (χ3v) is 20.2. The average molecular weight is 1460 g/mol. The fourth-order valence-electron chi connectivity index (χ4n) is 11.2. The lowest BCUT2D eigenvalue weighted by Gasteiger charge is -2.30. The highest BCUT2D eigenvalue weighted by molar-refractivity contribution is 7.90. The number of nitrogens with zero attached hydrogens (tertiary/aromatic N) is 3. The van der Waals surface area contributed by atoms with Gasteiger partial charge in [0.15, 0.2) is 31.1 Å². The Morgan fingerprint density at radius 3 is 1.51 bits per heavy atom. The van der Waals surface area contributed by atoms with Gasteiger partial charge < -0.3 is 76.6 Å². The number of rotatable bonds is 48. The predicted molar refractivity (Wildman–Crippen MR) is 356 cm³/mol. The quantitative estimate of drug-likeness (QED) is 0.0322. The number of imide groups is 1. The molecule has 1 saturated heterocycles. The molecule has 0 bridgehead atoms. The summed E-state index contributed by atoms with van der Waals surface area (Å²) in [5.74, 6) is -3.93. The van der Waals surface area contributed by atoms with Gasteiger partial charge in [0, 0.05) is 84.5 Å². The third kappa shape index (κ3) is 22.4. The van der Waals surface area contributed by atoms with Crippen LogP contribution in [-0.2, 0) is 117 Å². The van der Waals surface area contributed by atoms with E-state index in [0.29, 0.717) is 142 Å². The largest absolute Gasteiger partial charge is 0.453 e. The molecule has 554 valence electrons. The number of carbonyl (C=O) groups excluding carboxylic acids is 4. The first-order valence-corrected chi connectivity index (χ1v) is 37.8. The Morgan fingerprint density at radius 1 is 0.586 bits per heavy atom. The molecule has 3 aromatic rings. The Kier molecular flexibility index (Phi) is 30.9. The van der Waals surface area contributed by atoms with E-state index < -0.39 is 98.0 Å². The molecule has 0 spiro atoms. The van der Waals surface area contributed by atoms with E-state index in [1.165, 1.54) is 23.1 Å². The monoisotopic (exact) mass is 1460 g/mol. The van der Waals surface area contributed by atoms with Crippen molar-refractivity contribution in [3.8, 4) is 11.5 Å². The van der Waals surface area contributed by atoms with Gasteiger partial charge in [-0.05, 0) is 73.7 Å². The van der Waals surface area contributed by atoms with E-state index in [4.69, 9.17) is 66.4 Å². The molecule has 33 heteroatoms. The van der Waals surface area contributed by atoms with Crippen molar-refractivity contribution in [2.45, 2.75) is 118 Å². The molecule has 30 nitrogen and oxygen atoms in total. The second kappa shape index (κ2) is 38.0. The molecule has 7 rings (SSSR count). The Hall–Kier alpha value is -5.70. The minimum atomic E-state index is -5.32. The lowest BCUT2D eigenvalue weighted by atomic mass is 9.78. The molecule has 0 aromatic heterocycles. The first kappa shape index (κ1) is 80.6. The van der Waals surface area contributed by atoms with Gasteiger partial charge in [0.25, 0.3) is 38.0 Å². The molecular formula is C66H96N4O26S3. The van der Waals surface area contributed by atoms with Crippen molar-refractivity contribution in [2.24, 2.45) is 4.99 Å². The number of unbranched alkanes of at least 4 members (excludes halogenated alkanes) is 2. The third-order valence-electron chi connectivity index (χ3n) is 17.3. The Bertz CT molecular complexity index is 3720. The molecule has 4 heterocycles. The molecule has 4 aliphatic heterocycles. The molecule has 4 aliphatic rings. The molecule has 2 atom stereocenters. The van der Waals surface area contributed by atoms with Gasteiger partial charge in [-0.3, -0.25) is 28.5 Å². The fraction of sp³-hybridized carbons (Fsp3) is 0.652. The van der Waals surface area contributed by atoms with Gasteiger partial charge in [0.05, 0.1) is 174 Å². The van der Waals surface area contributed by atoms with Crippen molar-refractivity contribution >= 4 is 65.0 Å². The molecule has 0 aliphatic carbocycles. The minimum absolute atomic E-state index is 0.0182. The van der Waals surface area contributed by atoms with Crippen LogP contribution in [0.2, 0.25) is 0 Å². The highest BCUT2D eigenvalue weighted by atomic mass is 32.2. The zero-order chi connectivity index (χ0) is 72.0. The van der Waals surface area contributed by atoms with Crippen LogP contribution in [0.3, 0.4) is 0 Å². The molecule has 1 fully saturated rings. The van der Waals surface area contributed by atoms with Crippen LogP contribution >= 0.6 is 0 Å². The Labute approximate surface area is 578 Å². The first-order chi connectivity index (χ1) is 47.1. The number of ether oxygens (including phenoxy) is 13. The van der Waals surface area contributed by atoms with E-state index in [1.807, 2.05) is 27.7 Å². The van der Waals surface area contributed by atoms with Crippen LogP contribution in [-0.4, -0.2) is 259 Å². The van der Waals surface area contributed by atoms with Crippen molar-refractivity contribution in [2.75, 3.05) is 184 Å². The highest BCUT2D eigenvalue weighted by Gasteiger charge is 2.46. The number of nitrogens with one attached hydrogen (secondary N) is 1. The fourth-order valence-corrected chi connectivity index (χ4v) is 13.4. The Morgan fingerprint density at radius 2 is 1.05 bits per heavy atom. The van der Waals surface area contributed by atoms with Crippen LogP contribution in [0.5, 0.6) is 11.5 Å². The SMILES string of the molecule is COCCOCCOCCOCCOCCOCCOCCOCCOCCOCCOCCOCCN(CCCCCC(=O)ON1C(=O)CCC1=O)C(=O)c1ccc(S(C)(=O)=O)cc1C1=c2cc3c(c(S(=O)(=O)O)c2Oc2c1cc1c(c2S(=O)(=O)O)NC(C)C1(C)C)=NC(C)C3(C)C. The van der Waals surface area contributed by atoms with Gasteiger partial charge >= 0.3 is 5.97 Å². The number of sulfone groups is 1. The number of amides is 3. The zero-order valence-corrected chi connectivity index (χ0v) is 60.2. The second-order valence-electron chi connectivity index (χ2n) is 24.9. The van der Waals surface area contributed by atoms with Crippen molar-refractivity contribution in [3.05, 3.63) is 68.7 Å². The summed E-state index contributed by atoms with van der Waals surface area (Å²) in [6.07, 6.45) is 1.46. The zero-order valence-electron chi connectivity index (χ0n) is 57.7. The van der Waals surface area contributed by atoms with Crippen molar-refractivity contribution in [1.82, 2.24) is 9.96 Å². The van der Waals surface area contributed by atoms with Gasteiger partial charge in [-0.15, -0.1) is 5.06 Å². The molecule has 3 N–H and O–H groups in total. The van der Waals surface area contributed by atoms with Crippen LogP contribution in [0, 0.1) is 0 Å². The summed E-state index contributed by atoms with van der Waals surface area (Å²) in [5.41, 5.74) is -1.50. The summed E-state index contributed by atoms with van der Waals surface area (Å²) in [6.45, 7) is 19.4. The standard InChI is InChI=1S/C66H96N4O26S3/c1-45-65(3,4)52-43-50-57(51-44-53-59(68-46(2)66(53,5)6)63(99(80,81)82)61(51)95-60(50)62(58(52)67-45)98(77,78)79)49-42-47(97(8,75)76)13-14-48(49)64(74)69(17-11-9-10-12-56(73)96-70-54(71)15-16-55(70)72)18-19-84-22-23-86-26-27-88-30-31-90-34-35-92-38-39-94-41-40-93-37-36-91-33-32-89-29-28-87-25-24-85-21-20-83-7/h13-14,42-46,67H,9-12,15-41H2,1-8H3,(H,77,78,79)(H,80,81,82). The number of fused-ring (bicyclic) bond motifs is 4. The number of hydrogen-bond donors (Lipinski definition) is 3.